The number of fused-ring (bicyclic) bond motifs is 1. The van der Waals surface area contributed by atoms with E-state index in [1.807, 2.05) is 35.2 Å². The first-order valence-electron chi connectivity index (χ1n) is 6.93. The second-order valence-corrected chi connectivity index (χ2v) is 5.68. The quantitative estimate of drug-likeness (QED) is 0.794. The molecule has 4 heteroatoms. The van der Waals surface area contributed by atoms with Gasteiger partial charge in [0.1, 0.15) is 0 Å². The Morgan fingerprint density at radius 1 is 1.40 bits per heavy atom. The average molecular weight is 289 g/mol. The molecule has 3 nitrogen and oxygen atoms in total. The normalized spacial score (nSPS) is 22.4. The first-order valence-corrected chi connectivity index (χ1v) is 7.46. The number of hydrogen-bond donors (Lipinski definition) is 0. The number of likely N-dealkylation sites (tertiary alicyclic amines) is 1. The third-order valence-electron chi connectivity index (χ3n) is 4.16. The standard InChI is InChI=1S/C16H17ClN2O/c1-11-7-9-19(14(11)10-17)16(20)13-6-2-4-12-5-3-8-18-15(12)13/h2-6,8,11,14H,7,9-10H2,1H3. The Bertz CT molecular complexity index is 638. The van der Waals surface area contributed by atoms with Gasteiger partial charge in [-0.3, -0.25) is 9.78 Å². The predicted molar refractivity (Wildman–Crippen MR) is 81.1 cm³/mol. The number of benzene rings is 1. The van der Waals surface area contributed by atoms with Gasteiger partial charge in [0.25, 0.3) is 5.91 Å². The van der Waals surface area contributed by atoms with Crippen LogP contribution in [-0.2, 0) is 0 Å². The van der Waals surface area contributed by atoms with E-state index in [1.54, 1.807) is 6.20 Å². The van der Waals surface area contributed by atoms with Gasteiger partial charge in [0.2, 0.25) is 0 Å². The maximum absolute atomic E-state index is 12.8. The third kappa shape index (κ3) is 2.16. The zero-order valence-corrected chi connectivity index (χ0v) is 12.2. The lowest BCUT2D eigenvalue weighted by atomic mass is 10.0. The Kier molecular flexibility index (Phi) is 3.62. The van der Waals surface area contributed by atoms with Crippen LogP contribution in [0.25, 0.3) is 10.9 Å². The van der Waals surface area contributed by atoms with Crippen molar-refractivity contribution in [2.45, 2.75) is 19.4 Å². The number of hydrogen-bond acceptors (Lipinski definition) is 2. The molecule has 1 aromatic carbocycles. The first kappa shape index (κ1) is 13.4. The van der Waals surface area contributed by atoms with Gasteiger partial charge in [0.05, 0.1) is 11.1 Å². The monoisotopic (exact) mass is 288 g/mol. The zero-order chi connectivity index (χ0) is 14.1. The van der Waals surface area contributed by atoms with E-state index in [0.29, 0.717) is 17.4 Å². The van der Waals surface area contributed by atoms with Gasteiger partial charge >= 0.3 is 0 Å². The van der Waals surface area contributed by atoms with Crippen LogP contribution < -0.4 is 0 Å². The number of rotatable bonds is 2. The molecule has 0 bridgehead atoms. The maximum atomic E-state index is 12.8. The number of halogens is 1. The van der Waals surface area contributed by atoms with E-state index < -0.39 is 0 Å². The Balaban J connectivity index is 2.01. The highest BCUT2D eigenvalue weighted by molar-refractivity contribution is 6.18. The van der Waals surface area contributed by atoms with Crippen LogP contribution in [0.1, 0.15) is 23.7 Å². The molecule has 0 spiro atoms. The van der Waals surface area contributed by atoms with E-state index in [4.69, 9.17) is 11.6 Å². The number of nitrogens with zero attached hydrogens (tertiary/aromatic N) is 2. The van der Waals surface area contributed by atoms with Gasteiger partial charge in [-0.15, -0.1) is 11.6 Å². The molecule has 0 N–H and O–H groups in total. The van der Waals surface area contributed by atoms with Crippen LogP contribution in [0.15, 0.2) is 36.5 Å². The molecule has 0 saturated carbocycles. The van der Waals surface area contributed by atoms with Crippen molar-refractivity contribution in [2.24, 2.45) is 5.92 Å². The van der Waals surface area contributed by atoms with E-state index >= 15 is 0 Å². The maximum Gasteiger partial charge on any atom is 0.256 e. The Morgan fingerprint density at radius 3 is 3.00 bits per heavy atom. The summed E-state index contributed by atoms with van der Waals surface area (Å²) in [4.78, 5) is 19.1. The van der Waals surface area contributed by atoms with Gasteiger partial charge in [-0.2, -0.15) is 0 Å². The third-order valence-corrected chi connectivity index (χ3v) is 4.48. The molecule has 1 fully saturated rings. The largest absolute Gasteiger partial charge is 0.334 e. The smallest absolute Gasteiger partial charge is 0.256 e. The van der Waals surface area contributed by atoms with Gasteiger partial charge < -0.3 is 4.90 Å². The topological polar surface area (TPSA) is 33.2 Å². The molecule has 1 saturated heterocycles. The molecule has 2 heterocycles. The van der Waals surface area contributed by atoms with E-state index in [-0.39, 0.29) is 11.9 Å². The first-order chi connectivity index (χ1) is 9.72. The van der Waals surface area contributed by atoms with Crippen molar-refractivity contribution in [3.63, 3.8) is 0 Å². The molecule has 1 aromatic heterocycles. The summed E-state index contributed by atoms with van der Waals surface area (Å²) >= 11 is 6.04. The highest BCUT2D eigenvalue weighted by Crippen LogP contribution is 2.28. The summed E-state index contributed by atoms with van der Waals surface area (Å²) in [5.41, 5.74) is 1.44. The van der Waals surface area contributed by atoms with E-state index in [1.165, 1.54) is 0 Å². The highest BCUT2D eigenvalue weighted by Gasteiger charge is 2.34. The molecule has 2 unspecified atom stereocenters. The van der Waals surface area contributed by atoms with Crippen molar-refractivity contribution >= 4 is 28.4 Å². The van der Waals surface area contributed by atoms with Crippen molar-refractivity contribution in [1.29, 1.82) is 0 Å². The van der Waals surface area contributed by atoms with Crippen LogP contribution in [0, 0.1) is 5.92 Å². The number of amides is 1. The van der Waals surface area contributed by atoms with Crippen LogP contribution >= 0.6 is 11.6 Å². The van der Waals surface area contributed by atoms with Crippen molar-refractivity contribution in [3.05, 3.63) is 42.1 Å². The van der Waals surface area contributed by atoms with Crippen LogP contribution in [0.5, 0.6) is 0 Å². The fourth-order valence-electron chi connectivity index (χ4n) is 2.93. The summed E-state index contributed by atoms with van der Waals surface area (Å²) in [7, 11) is 0. The summed E-state index contributed by atoms with van der Waals surface area (Å²) in [5, 5.41) is 0.994. The summed E-state index contributed by atoms with van der Waals surface area (Å²) in [5.74, 6) is 0.995. The average Bonchev–Trinajstić information content (AvgIpc) is 2.86. The molecule has 1 aliphatic heterocycles. The summed E-state index contributed by atoms with van der Waals surface area (Å²) in [6, 6.07) is 9.73. The van der Waals surface area contributed by atoms with Crippen LogP contribution in [0.3, 0.4) is 0 Å². The molecule has 1 aliphatic rings. The molecule has 20 heavy (non-hydrogen) atoms. The predicted octanol–water partition coefficient (Wildman–Crippen LogP) is 3.32. The summed E-state index contributed by atoms with van der Waals surface area (Å²) in [6.07, 6.45) is 2.74. The summed E-state index contributed by atoms with van der Waals surface area (Å²) in [6.45, 7) is 2.93. The van der Waals surface area contributed by atoms with Gasteiger partial charge in [-0.1, -0.05) is 25.1 Å². The molecule has 2 atom stereocenters. The number of para-hydroxylation sites is 1. The zero-order valence-electron chi connectivity index (χ0n) is 11.4. The number of pyridine rings is 1. The number of carbonyl (C=O) groups excluding carboxylic acids is 1. The fraction of sp³-hybridized carbons (Fsp3) is 0.375. The van der Waals surface area contributed by atoms with Crippen LogP contribution in [0.4, 0.5) is 0 Å². The second kappa shape index (κ2) is 5.41. The minimum absolute atomic E-state index is 0.0456. The Hall–Kier alpha value is -1.61. The van der Waals surface area contributed by atoms with Crippen molar-refractivity contribution < 1.29 is 4.79 Å². The lowest BCUT2D eigenvalue weighted by Gasteiger charge is -2.25. The van der Waals surface area contributed by atoms with E-state index in [0.717, 1.165) is 23.9 Å². The lowest BCUT2D eigenvalue weighted by Crippen LogP contribution is -2.38. The SMILES string of the molecule is CC1CCN(C(=O)c2cccc3cccnc23)C1CCl. The molecule has 0 aliphatic carbocycles. The molecular weight excluding hydrogens is 272 g/mol. The van der Waals surface area contributed by atoms with E-state index in [9.17, 15) is 4.79 Å². The van der Waals surface area contributed by atoms with Gasteiger partial charge in [0, 0.05) is 30.0 Å². The fourth-order valence-corrected chi connectivity index (χ4v) is 3.40. The van der Waals surface area contributed by atoms with Crippen molar-refractivity contribution in [2.75, 3.05) is 12.4 Å². The van der Waals surface area contributed by atoms with E-state index in [2.05, 4.69) is 11.9 Å². The van der Waals surface area contributed by atoms with Gasteiger partial charge in [0.15, 0.2) is 0 Å². The minimum atomic E-state index is 0.0456. The molecule has 0 radical (unpaired) electrons. The summed E-state index contributed by atoms with van der Waals surface area (Å²) < 4.78 is 0. The number of aromatic nitrogens is 1. The molecule has 3 rings (SSSR count). The number of carbonyl (C=O) groups is 1. The Labute approximate surface area is 123 Å². The molecule has 2 aromatic rings. The molecule has 1 amide bonds. The van der Waals surface area contributed by atoms with Crippen molar-refractivity contribution in [1.82, 2.24) is 9.88 Å². The van der Waals surface area contributed by atoms with Crippen molar-refractivity contribution in [3.8, 4) is 0 Å². The molecule has 104 valence electrons. The lowest BCUT2D eigenvalue weighted by molar-refractivity contribution is 0.0739. The highest BCUT2D eigenvalue weighted by atomic mass is 35.5. The second-order valence-electron chi connectivity index (χ2n) is 5.37. The molecular formula is C16H17ClN2O. The van der Waals surface area contributed by atoms with Crippen LogP contribution in [-0.4, -0.2) is 34.3 Å². The van der Waals surface area contributed by atoms with Crippen LogP contribution in [0.2, 0.25) is 0 Å². The van der Waals surface area contributed by atoms with Gasteiger partial charge in [-0.05, 0) is 24.5 Å². The number of alkyl halides is 1. The minimum Gasteiger partial charge on any atom is -0.334 e. The Morgan fingerprint density at radius 2 is 2.20 bits per heavy atom. The van der Waals surface area contributed by atoms with Gasteiger partial charge in [-0.25, -0.2) is 0 Å².